The molecule has 0 bridgehead atoms. The second-order valence-corrected chi connectivity index (χ2v) is 11.6. The minimum absolute atomic E-state index is 0. The summed E-state index contributed by atoms with van der Waals surface area (Å²) in [6.45, 7) is 4.74. The molecule has 0 radical (unpaired) electrons. The lowest BCUT2D eigenvalue weighted by atomic mass is 9.91. The van der Waals surface area contributed by atoms with Crippen LogP contribution < -0.4 is 10.2 Å². The molecule has 1 aliphatic heterocycles. The number of nitrogens with one attached hydrogen (secondary N) is 2. The van der Waals surface area contributed by atoms with Crippen molar-refractivity contribution in [3.05, 3.63) is 47.7 Å². The first kappa shape index (κ1) is 22.5. The van der Waals surface area contributed by atoms with Crippen molar-refractivity contribution in [1.29, 1.82) is 0 Å². The van der Waals surface area contributed by atoms with Gasteiger partial charge in [-0.2, -0.15) is 5.10 Å². The number of benzene rings is 1. The first-order valence-corrected chi connectivity index (χ1v) is 13.0. The van der Waals surface area contributed by atoms with Crippen LogP contribution in [0.2, 0.25) is 0 Å². The molecule has 3 heterocycles. The van der Waals surface area contributed by atoms with E-state index in [4.69, 9.17) is 4.98 Å². The molecular formula is C26H33FN6OS. The molecule has 35 heavy (non-hydrogen) atoms. The number of H-pyrrole nitrogens is 1. The zero-order valence-corrected chi connectivity index (χ0v) is 20.8. The zero-order chi connectivity index (χ0) is 24.2. The third kappa shape index (κ3) is 4.78. The van der Waals surface area contributed by atoms with E-state index < -0.39 is 5.67 Å². The maximum Gasteiger partial charge on any atom is 0.196 e. The van der Waals surface area contributed by atoms with E-state index in [0.717, 1.165) is 41.8 Å². The van der Waals surface area contributed by atoms with Crippen LogP contribution in [-0.4, -0.2) is 44.7 Å². The third-order valence-corrected chi connectivity index (χ3v) is 8.24. The van der Waals surface area contributed by atoms with Crippen LogP contribution in [0.4, 0.5) is 21.8 Å². The van der Waals surface area contributed by atoms with Gasteiger partial charge in [0.15, 0.2) is 11.0 Å². The Kier molecular flexibility index (Phi) is 5.36. The molecule has 0 atom stereocenters. The Morgan fingerprint density at radius 3 is 2.57 bits per heavy atom. The fourth-order valence-corrected chi connectivity index (χ4v) is 5.32. The average Bonchev–Trinajstić information content (AvgIpc) is 3.73. The van der Waals surface area contributed by atoms with Crippen LogP contribution in [-0.2, 0) is 11.2 Å². The largest absolute Gasteiger partial charge is 0.350 e. The van der Waals surface area contributed by atoms with Crippen molar-refractivity contribution in [2.45, 2.75) is 61.7 Å². The second-order valence-electron chi connectivity index (χ2n) is 10.5. The monoisotopic (exact) mass is 496 g/mol. The quantitative estimate of drug-likeness (QED) is 0.365. The van der Waals surface area contributed by atoms with E-state index in [-0.39, 0.29) is 14.2 Å². The van der Waals surface area contributed by atoms with Crippen molar-refractivity contribution < 1.29 is 12.0 Å². The number of carbonyl (C=O) groups is 1. The van der Waals surface area contributed by atoms with Gasteiger partial charge in [0.2, 0.25) is 0 Å². The summed E-state index contributed by atoms with van der Waals surface area (Å²) >= 11 is 1.45. The summed E-state index contributed by atoms with van der Waals surface area (Å²) in [5.74, 6) is 2.52. The number of hydrogen-bond donors (Lipinski definition) is 2. The number of rotatable bonds is 9. The van der Waals surface area contributed by atoms with Gasteiger partial charge in [-0.3, -0.25) is 9.89 Å². The number of aromatic nitrogens is 4. The van der Waals surface area contributed by atoms with Crippen molar-refractivity contribution in [2.24, 2.45) is 11.3 Å². The van der Waals surface area contributed by atoms with Crippen LogP contribution in [0.25, 0.3) is 0 Å². The Bertz CT molecular complexity index is 1270. The number of hydrogen-bond acceptors (Lipinski definition) is 7. The standard InChI is InChI=1S/C26H29FN6OS.2H2/c1-16-11-22(32-31-16)28-21-13-23(33-14-26(27,15-33)18-5-6-18)30-24(29-21)35-19-7-3-17(4-8-19)12-20(34)25(2)9-10-25;;/h3-4,7-8,11,13,18H,5-6,9-10,12,14-15H2,1-2H3,(H2,28,29,30,31,32);2*1H. The van der Waals surface area contributed by atoms with Crippen molar-refractivity contribution in [1.82, 2.24) is 20.2 Å². The summed E-state index contributed by atoms with van der Waals surface area (Å²) in [6.07, 6.45) is 4.46. The molecule has 1 saturated heterocycles. The summed E-state index contributed by atoms with van der Waals surface area (Å²) in [7, 11) is 0. The molecular weight excluding hydrogens is 463 g/mol. The summed E-state index contributed by atoms with van der Waals surface area (Å²) in [5.41, 5.74) is 0.778. The molecule has 0 amide bonds. The first-order chi connectivity index (χ1) is 16.8. The van der Waals surface area contributed by atoms with Gasteiger partial charge in [-0.05, 0) is 68.0 Å². The highest BCUT2D eigenvalue weighted by Gasteiger charge is 2.54. The Morgan fingerprint density at radius 2 is 1.94 bits per heavy atom. The Balaban J connectivity index is 0.00000160. The average molecular weight is 497 g/mol. The molecule has 7 nitrogen and oxygen atoms in total. The van der Waals surface area contributed by atoms with Gasteiger partial charge in [0.25, 0.3) is 0 Å². The number of aromatic amines is 1. The highest BCUT2D eigenvalue weighted by atomic mass is 32.2. The summed E-state index contributed by atoms with van der Waals surface area (Å²) in [6, 6.07) is 11.8. The lowest BCUT2D eigenvalue weighted by Gasteiger charge is -2.45. The number of alkyl halides is 1. The van der Waals surface area contributed by atoms with Gasteiger partial charge in [-0.1, -0.05) is 19.1 Å². The van der Waals surface area contributed by atoms with E-state index in [0.29, 0.717) is 47.9 Å². The van der Waals surface area contributed by atoms with Gasteiger partial charge in [-0.15, -0.1) is 0 Å². The SMILES string of the molecule is Cc1cc(Nc2cc(N3CC(F)(C4CC4)C3)nc(Sc3ccc(CC(=O)C4(C)CC4)cc3)n2)n[nH]1.[HH].[HH]. The number of aryl methyl sites for hydroxylation is 1. The van der Waals surface area contributed by atoms with Crippen molar-refractivity contribution >= 4 is 35.0 Å². The van der Waals surface area contributed by atoms with E-state index in [1.165, 1.54) is 11.8 Å². The number of anilines is 3. The minimum atomic E-state index is -1.09. The molecule has 6 rings (SSSR count). The normalized spacial score (nSPS) is 19.8. The van der Waals surface area contributed by atoms with E-state index in [1.54, 1.807) is 0 Å². The fraction of sp³-hybridized carbons (Fsp3) is 0.462. The molecule has 2 aliphatic carbocycles. The molecule has 2 saturated carbocycles. The Hall–Kier alpha value is -2.94. The number of nitrogens with zero attached hydrogens (tertiary/aromatic N) is 4. The smallest absolute Gasteiger partial charge is 0.196 e. The molecule has 1 aromatic carbocycles. The molecule has 0 spiro atoms. The van der Waals surface area contributed by atoms with E-state index in [9.17, 15) is 9.18 Å². The lowest BCUT2D eigenvalue weighted by molar-refractivity contribution is -0.122. The predicted octanol–water partition coefficient (Wildman–Crippen LogP) is 5.74. The zero-order valence-electron chi connectivity index (χ0n) is 20.0. The second kappa shape index (κ2) is 8.33. The van der Waals surface area contributed by atoms with Crippen LogP contribution >= 0.6 is 11.8 Å². The minimum Gasteiger partial charge on any atom is -0.350 e. The van der Waals surface area contributed by atoms with E-state index >= 15 is 0 Å². The van der Waals surface area contributed by atoms with Crippen LogP contribution in [0, 0.1) is 18.3 Å². The number of Topliss-reactive ketones (excluding diaryl/α,β-unsaturated/α-hetero) is 1. The van der Waals surface area contributed by atoms with Gasteiger partial charge in [0.1, 0.15) is 23.1 Å². The first-order valence-electron chi connectivity index (χ1n) is 12.2. The molecule has 9 heteroatoms. The molecule has 3 aromatic rings. The van der Waals surface area contributed by atoms with Gasteiger partial charge in [0, 0.05) is 37.4 Å². The molecule has 186 valence electrons. The van der Waals surface area contributed by atoms with Crippen molar-refractivity contribution in [3.8, 4) is 0 Å². The maximum atomic E-state index is 15.0. The summed E-state index contributed by atoms with van der Waals surface area (Å²) in [4.78, 5) is 24.8. The van der Waals surface area contributed by atoms with Crippen LogP contribution in [0.3, 0.4) is 0 Å². The van der Waals surface area contributed by atoms with Gasteiger partial charge in [0.05, 0.1) is 13.1 Å². The summed E-state index contributed by atoms with van der Waals surface area (Å²) < 4.78 is 15.0. The molecule has 2 aromatic heterocycles. The van der Waals surface area contributed by atoms with Gasteiger partial charge in [-0.25, -0.2) is 14.4 Å². The summed E-state index contributed by atoms with van der Waals surface area (Å²) in [5, 5.41) is 11.0. The highest BCUT2D eigenvalue weighted by molar-refractivity contribution is 7.99. The topological polar surface area (TPSA) is 86.8 Å². The van der Waals surface area contributed by atoms with Crippen molar-refractivity contribution in [3.63, 3.8) is 0 Å². The molecule has 2 N–H and O–H groups in total. The molecule has 3 aliphatic rings. The maximum absolute atomic E-state index is 15.0. The molecule has 3 fully saturated rings. The van der Waals surface area contributed by atoms with Gasteiger partial charge < -0.3 is 10.2 Å². The predicted molar refractivity (Wildman–Crippen MR) is 138 cm³/mol. The molecule has 0 unspecified atom stereocenters. The number of carbonyl (C=O) groups excluding carboxylic acids is 1. The Morgan fingerprint density at radius 1 is 1.20 bits per heavy atom. The van der Waals surface area contributed by atoms with Crippen LogP contribution in [0.5, 0.6) is 0 Å². The Labute approximate surface area is 211 Å². The third-order valence-electron chi connectivity index (χ3n) is 7.36. The van der Waals surface area contributed by atoms with Crippen LogP contribution in [0.15, 0.2) is 46.5 Å². The number of ketones is 1. The van der Waals surface area contributed by atoms with E-state index in [2.05, 4.69) is 27.4 Å². The fourth-order valence-electron chi connectivity index (χ4n) is 4.55. The van der Waals surface area contributed by atoms with Crippen molar-refractivity contribution in [2.75, 3.05) is 23.3 Å². The van der Waals surface area contributed by atoms with E-state index in [1.807, 2.05) is 48.2 Å². The van der Waals surface area contributed by atoms with Crippen LogP contribution in [0.1, 0.15) is 46.7 Å². The highest BCUT2D eigenvalue weighted by Crippen LogP contribution is 2.48. The van der Waals surface area contributed by atoms with Gasteiger partial charge >= 0.3 is 0 Å². The lowest BCUT2D eigenvalue weighted by Crippen LogP contribution is -2.60. The number of halogens is 1.